The molecular formula is C18H16O3. The van der Waals surface area contributed by atoms with Crippen molar-refractivity contribution < 1.29 is 14.3 Å². The van der Waals surface area contributed by atoms with Gasteiger partial charge in [0.2, 0.25) is 6.79 Å². The van der Waals surface area contributed by atoms with Crippen molar-refractivity contribution in [3.8, 4) is 11.5 Å². The molecule has 0 spiro atoms. The number of rotatable bonds is 3. The van der Waals surface area contributed by atoms with Gasteiger partial charge in [-0.1, -0.05) is 35.9 Å². The lowest BCUT2D eigenvalue weighted by atomic mass is 10.0. The molecule has 2 atom stereocenters. The van der Waals surface area contributed by atoms with Gasteiger partial charge in [-0.25, -0.2) is 0 Å². The Balaban J connectivity index is 1.52. The molecule has 1 fully saturated rings. The molecule has 3 nitrogen and oxygen atoms in total. The zero-order chi connectivity index (χ0) is 14.4. The number of ketones is 1. The quantitative estimate of drug-likeness (QED) is 0.804. The van der Waals surface area contributed by atoms with Crippen molar-refractivity contribution >= 4 is 5.78 Å². The molecule has 2 unspecified atom stereocenters. The summed E-state index contributed by atoms with van der Waals surface area (Å²) in [7, 11) is 0. The lowest BCUT2D eigenvalue weighted by Crippen LogP contribution is -2.03. The molecule has 1 heterocycles. The first-order valence-electron chi connectivity index (χ1n) is 7.23. The third kappa shape index (κ3) is 2.19. The number of hydrogen-bond donors (Lipinski definition) is 0. The summed E-state index contributed by atoms with van der Waals surface area (Å²) >= 11 is 0. The molecule has 3 heteroatoms. The minimum Gasteiger partial charge on any atom is -0.454 e. The van der Waals surface area contributed by atoms with Crippen LogP contribution in [0.4, 0.5) is 0 Å². The molecule has 1 aliphatic carbocycles. The number of hydrogen-bond acceptors (Lipinski definition) is 3. The van der Waals surface area contributed by atoms with Crippen LogP contribution in [0.3, 0.4) is 0 Å². The Morgan fingerprint density at radius 3 is 2.62 bits per heavy atom. The van der Waals surface area contributed by atoms with Crippen LogP contribution in [-0.2, 0) is 0 Å². The predicted octanol–water partition coefficient (Wildman–Crippen LogP) is 3.71. The monoisotopic (exact) mass is 280 g/mol. The molecule has 21 heavy (non-hydrogen) atoms. The Bertz CT molecular complexity index is 703. The van der Waals surface area contributed by atoms with Crippen molar-refractivity contribution in [2.24, 2.45) is 5.92 Å². The van der Waals surface area contributed by atoms with Crippen molar-refractivity contribution in [1.29, 1.82) is 0 Å². The van der Waals surface area contributed by atoms with E-state index in [1.807, 2.05) is 49.4 Å². The van der Waals surface area contributed by atoms with Crippen LogP contribution in [0.25, 0.3) is 0 Å². The summed E-state index contributed by atoms with van der Waals surface area (Å²) in [6, 6.07) is 13.8. The Kier molecular flexibility index (Phi) is 2.74. The molecule has 1 saturated carbocycles. The topological polar surface area (TPSA) is 35.5 Å². The normalized spacial score (nSPS) is 22.1. The largest absolute Gasteiger partial charge is 0.454 e. The summed E-state index contributed by atoms with van der Waals surface area (Å²) in [5, 5.41) is 0. The molecule has 0 N–H and O–H groups in total. The van der Waals surface area contributed by atoms with Gasteiger partial charge in [-0.15, -0.1) is 0 Å². The first kappa shape index (κ1) is 12.5. The highest BCUT2D eigenvalue weighted by molar-refractivity contribution is 6.00. The fourth-order valence-corrected chi connectivity index (χ4v) is 2.93. The third-order valence-corrected chi connectivity index (χ3v) is 4.29. The van der Waals surface area contributed by atoms with E-state index in [9.17, 15) is 4.79 Å². The highest BCUT2D eigenvalue weighted by Crippen LogP contribution is 2.50. The lowest BCUT2D eigenvalue weighted by Gasteiger charge is -2.03. The average Bonchev–Trinajstić information content (AvgIpc) is 3.17. The maximum atomic E-state index is 12.5. The SMILES string of the molecule is Cc1ccc(C(=O)C2CC2c2ccc3c(c2)OCO3)cc1. The molecular weight excluding hydrogens is 264 g/mol. The van der Waals surface area contributed by atoms with Gasteiger partial charge >= 0.3 is 0 Å². The lowest BCUT2D eigenvalue weighted by molar-refractivity contribution is 0.0965. The molecule has 2 aliphatic rings. The second-order valence-corrected chi connectivity index (χ2v) is 5.79. The van der Waals surface area contributed by atoms with Gasteiger partial charge in [-0.05, 0) is 37.0 Å². The van der Waals surface area contributed by atoms with Crippen molar-refractivity contribution in [3.63, 3.8) is 0 Å². The molecule has 0 saturated heterocycles. The first-order chi connectivity index (χ1) is 10.2. The zero-order valence-electron chi connectivity index (χ0n) is 11.8. The Morgan fingerprint density at radius 2 is 1.81 bits per heavy atom. The number of ether oxygens (including phenoxy) is 2. The summed E-state index contributed by atoms with van der Waals surface area (Å²) in [5.41, 5.74) is 3.16. The number of Topliss-reactive ketones (excluding diaryl/α,β-unsaturated/α-hetero) is 1. The first-order valence-corrected chi connectivity index (χ1v) is 7.23. The zero-order valence-corrected chi connectivity index (χ0v) is 11.8. The van der Waals surface area contributed by atoms with Crippen molar-refractivity contribution in [3.05, 3.63) is 59.2 Å². The molecule has 4 rings (SSSR count). The molecule has 2 aromatic rings. The summed E-state index contributed by atoms with van der Waals surface area (Å²) in [5.74, 6) is 2.25. The van der Waals surface area contributed by atoms with Gasteiger partial charge in [0.15, 0.2) is 17.3 Å². The van der Waals surface area contributed by atoms with Gasteiger partial charge in [-0.2, -0.15) is 0 Å². The van der Waals surface area contributed by atoms with Gasteiger partial charge in [0, 0.05) is 11.5 Å². The maximum Gasteiger partial charge on any atom is 0.231 e. The molecule has 0 radical (unpaired) electrons. The third-order valence-electron chi connectivity index (χ3n) is 4.29. The number of carbonyl (C=O) groups is 1. The van der Waals surface area contributed by atoms with E-state index in [2.05, 4.69) is 0 Å². The van der Waals surface area contributed by atoms with Gasteiger partial charge in [0.25, 0.3) is 0 Å². The van der Waals surface area contributed by atoms with Crippen LogP contribution in [0.1, 0.15) is 33.8 Å². The maximum absolute atomic E-state index is 12.5. The Morgan fingerprint density at radius 1 is 1.05 bits per heavy atom. The van der Waals surface area contributed by atoms with Crippen LogP contribution in [0.5, 0.6) is 11.5 Å². The molecule has 1 aliphatic heterocycles. The predicted molar refractivity (Wildman–Crippen MR) is 78.9 cm³/mol. The van der Waals surface area contributed by atoms with Crippen LogP contribution >= 0.6 is 0 Å². The van der Waals surface area contributed by atoms with Crippen molar-refractivity contribution in [2.45, 2.75) is 19.3 Å². The van der Waals surface area contributed by atoms with E-state index in [1.54, 1.807) is 0 Å². The average molecular weight is 280 g/mol. The van der Waals surface area contributed by atoms with Crippen LogP contribution in [-0.4, -0.2) is 12.6 Å². The second kappa shape index (κ2) is 4.62. The molecule has 0 amide bonds. The summed E-state index contributed by atoms with van der Waals surface area (Å²) in [6.45, 7) is 2.32. The van der Waals surface area contributed by atoms with Crippen molar-refractivity contribution in [1.82, 2.24) is 0 Å². The van der Waals surface area contributed by atoms with Crippen LogP contribution in [0.2, 0.25) is 0 Å². The van der Waals surface area contributed by atoms with E-state index >= 15 is 0 Å². The van der Waals surface area contributed by atoms with E-state index < -0.39 is 0 Å². The van der Waals surface area contributed by atoms with Crippen LogP contribution in [0.15, 0.2) is 42.5 Å². The summed E-state index contributed by atoms with van der Waals surface area (Å²) in [4.78, 5) is 12.5. The Labute approximate surface area is 123 Å². The minimum absolute atomic E-state index is 0.105. The number of carbonyl (C=O) groups excluding carboxylic acids is 1. The van der Waals surface area contributed by atoms with Gasteiger partial charge < -0.3 is 9.47 Å². The van der Waals surface area contributed by atoms with Crippen LogP contribution in [0, 0.1) is 12.8 Å². The van der Waals surface area contributed by atoms with E-state index in [4.69, 9.17) is 9.47 Å². The summed E-state index contributed by atoms with van der Waals surface area (Å²) in [6.07, 6.45) is 0.923. The van der Waals surface area contributed by atoms with E-state index in [0.29, 0.717) is 5.92 Å². The van der Waals surface area contributed by atoms with Gasteiger partial charge in [0.1, 0.15) is 0 Å². The number of fused-ring (bicyclic) bond motifs is 1. The van der Waals surface area contributed by atoms with E-state index in [0.717, 1.165) is 23.5 Å². The van der Waals surface area contributed by atoms with Gasteiger partial charge in [0.05, 0.1) is 0 Å². The number of benzene rings is 2. The fraction of sp³-hybridized carbons (Fsp3) is 0.278. The van der Waals surface area contributed by atoms with E-state index in [-0.39, 0.29) is 18.5 Å². The van der Waals surface area contributed by atoms with E-state index in [1.165, 1.54) is 11.1 Å². The molecule has 0 aromatic heterocycles. The fourth-order valence-electron chi connectivity index (χ4n) is 2.93. The highest BCUT2D eigenvalue weighted by atomic mass is 16.7. The minimum atomic E-state index is 0.105. The molecule has 0 bridgehead atoms. The van der Waals surface area contributed by atoms with Gasteiger partial charge in [-0.3, -0.25) is 4.79 Å². The second-order valence-electron chi connectivity index (χ2n) is 5.79. The highest BCUT2D eigenvalue weighted by Gasteiger charge is 2.44. The van der Waals surface area contributed by atoms with Crippen LogP contribution < -0.4 is 9.47 Å². The smallest absolute Gasteiger partial charge is 0.231 e. The Hall–Kier alpha value is -2.29. The van der Waals surface area contributed by atoms with Crippen molar-refractivity contribution in [2.75, 3.05) is 6.79 Å². The number of aryl methyl sites for hydroxylation is 1. The standard InChI is InChI=1S/C18H16O3/c1-11-2-4-12(5-3-11)18(19)15-9-14(15)13-6-7-16-17(8-13)21-10-20-16/h2-8,14-15H,9-10H2,1H3. The molecule has 106 valence electrons. The molecule has 2 aromatic carbocycles. The summed E-state index contributed by atoms with van der Waals surface area (Å²) < 4.78 is 10.7.